The molecule has 0 spiro atoms. The number of hydrogen-bond donors (Lipinski definition) is 3. The van der Waals surface area contributed by atoms with Gasteiger partial charge < -0.3 is 20.1 Å². The van der Waals surface area contributed by atoms with E-state index in [2.05, 4.69) is 0 Å². The Kier molecular flexibility index (Phi) is 4.19. The number of aliphatic hydroxyl groups is 3. The van der Waals surface area contributed by atoms with Crippen LogP contribution in [-0.2, 0) is 9.53 Å². The second-order valence-corrected chi connectivity index (χ2v) is 6.21. The van der Waals surface area contributed by atoms with Gasteiger partial charge in [0.2, 0.25) is 5.91 Å². The first-order valence-corrected chi connectivity index (χ1v) is 7.79. The molecule has 0 bridgehead atoms. The normalized spacial score (nSPS) is 36.4. The highest BCUT2D eigenvalue weighted by molar-refractivity contribution is 8.01. The van der Waals surface area contributed by atoms with E-state index in [9.17, 15) is 15.0 Å². The molecule has 2 aliphatic rings. The fraction of sp³-hybridized carbons (Fsp3) is 0.500. The Hall–Kier alpha value is -1.12. The van der Waals surface area contributed by atoms with Crippen molar-refractivity contribution in [1.29, 1.82) is 0 Å². The molecule has 0 aromatic heterocycles. The first-order chi connectivity index (χ1) is 10.1. The van der Waals surface area contributed by atoms with Gasteiger partial charge in [-0.05, 0) is 12.1 Å². The SMILES string of the molecule is O=C1CS[C@H](C2O[C@H](CO)[C@@H](O)[C@@H]2O)N1c1ccccc1. The first-order valence-electron chi connectivity index (χ1n) is 6.74. The number of benzene rings is 1. The highest BCUT2D eigenvalue weighted by atomic mass is 32.2. The van der Waals surface area contributed by atoms with Crippen molar-refractivity contribution in [3.8, 4) is 0 Å². The van der Waals surface area contributed by atoms with Crippen LogP contribution in [0.15, 0.2) is 30.3 Å². The van der Waals surface area contributed by atoms with Crippen molar-refractivity contribution in [2.45, 2.75) is 29.8 Å². The maximum atomic E-state index is 12.1. The van der Waals surface area contributed by atoms with Crippen molar-refractivity contribution in [1.82, 2.24) is 0 Å². The summed E-state index contributed by atoms with van der Waals surface area (Å²) in [5.74, 6) is 0.236. The minimum atomic E-state index is -1.14. The fourth-order valence-electron chi connectivity index (χ4n) is 2.73. The lowest BCUT2D eigenvalue weighted by molar-refractivity contribution is -0.116. The summed E-state index contributed by atoms with van der Waals surface area (Å²) in [6, 6.07) is 9.16. The molecule has 5 atom stereocenters. The summed E-state index contributed by atoms with van der Waals surface area (Å²) in [4.78, 5) is 13.7. The third kappa shape index (κ3) is 2.56. The van der Waals surface area contributed by atoms with Crippen molar-refractivity contribution in [2.24, 2.45) is 0 Å². The third-order valence-electron chi connectivity index (χ3n) is 3.80. The molecule has 2 aliphatic heterocycles. The maximum absolute atomic E-state index is 12.1. The second-order valence-electron chi connectivity index (χ2n) is 5.10. The molecule has 1 amide bonds. The summed E-state index contributed by atoms with van der Waals surface area (Å²) >= 11 is 1.37. The molecule has 1 unspecified atom stereocenters. The number of para-hydroxylation sites is 1. The Morgan fingerprint density at radius 1 is 1.24 bits per heavy atom. The predicted molar refractivity (Wildman–Crippen MR) is 77.9 cm³/mol. The average Bonchev–Trinajstić information content (AvgIpc) is 3.02. The maximum Gasteiger partial charge on any atom is 0.238 e. The molecule has 21 heavy (non-hydrogen) atoms. The number of thioether (sulfide) groups is 1. The molecule has 0 aliphatic carbocycles. The largest absolute Gasteiger partial charge is 0.394 e. The number of carbonyl (C=O) groups is 1. The number of anilines is 1. The van der Waals surface area contributed by atoms with Gasteiger partial charge in [0.15, 0.2) is 0 Å². The number of amides is 1. The van der Waals surface area contributed by atoms with Crippen LogP contribution in [0, 0.1) is 0 Å². The number of aliphatic hydroxyl groups excluding tert-OH is 3. The van der Waals surface area contributed by atoms with Crippen molar-refractivity contribution >= 4 is 23.4 Å². The summed E-state index contributed by atoms with van der Waals surface area (Å²) in [7, 11) is 0. The molecule has 2 fully saturated rings. The number of carbonyl (C=O) groups excluding carboxylic acids is 1. The number of hydrogen-bond acceptors (Lipinski definition) is 6. The summed E-state index contributed by atoms with van der Waals surface area (Å²) < 4.78 is 5.55. The zero-order valence-corrected chi connectivity index (χ0v) is 12.0. The van der Waals surface area contributed by atoms with E-state index in [0.717, 1.165) is 5.69 Å². The van der Waals surface area contributed by atoms with Crippen molar-refractivity contribution in [3.05, 3.63) is 30.3 Å². The zero-order valence-electron chi connectivity index (χ0n) is 11.2. The highest BCUT2D eigenvalue weighted by Crippen LogP contribution is 2.38. The van der Waals surface area contributed by atoms with Crippen LogP contribution >= 0.6 is 11.8 Å². The lowest BCUT2D eigenvalue weighted by Crippen LogP contribution is -2.46. The van der Waals surface area contributed by atoms with Gasteiger partial charge in [0.1, 0.15) is 29.8 Å². The van der Waals surface area contributed by atoms with Crippen LogP contribution in [-0.4, -0.2) is 63.4 Å². The topological polar surface area (TPSA) is 90.2 Å². The lowest BCUT2D eigenvalue weighted by Gasteiger charge is -2.29. The van der Waals surface area contributed by atoms with Gasteiger partial charge in [-0.25, -0.2) is 0 Å². The molecule has 2 saturated heterocycles. The van der Waals surface area contributed by atoms with Gasteiger partial charge in [-0.15, -0.1) is 11.8 Å². The molecule has 1 aromatic carbocycles. The average molecular weight is 311 g/mol. The Morgan fingerprint density at radius 2 is 1.95 bits per heavy atom. The van der Waals surface area contributed by atoms with Crippen molar-refractivity contribution in [2.75, 3.05) is 17.3 Å². The molecule has 2 heterocycles. The predicted octanol–water partition coefficient (Wildman–Crippen LogP) is -0.426. The minimum Gasteiger partial charge on any atom is -0.394 e. The summed E-state index contributed by atoms with van der Waals surface area (Å²) in [5, 5.41) is 28.7. The van der Waals surface area contributed by atoms with E-state index in [0.29, 0.717) is 5.75 Å². The zero-order chi connectivity index (χ0) is 15.0. The molecular weight excluding hydrogens is 294 g/mol. The molecule has 0 radical (unpaired) electrons. The van der Waals surface area contributed by atoms with Crippen LogP contribution in [0.25, 0.3) is 0 Å². The van der Waals surface area contributed by atoms with Gasteiger partial charge in [-0.1, -0.05) is 18.2 Å². The highest BCUT2D eigenvalue weighted by Gasteiger charge is 2.50. The second kappa shape index (κ2) is 5.94. The van der Waals surface area contributed by atoms with Crippen molar-refractivity contribution in [3.63, 3.8) is 0 Å². The van der Waals surface area contributed by atoms with Crippen LogP contribution in [0.3, 0.4) is 0 Å². The van der Waals surface area contributed by atoms with Gasteiger partial charge in [0.25, 0.3) is 0 Å². The molecular formula is C14H17NO5S. The van der Waals surface area contributed by atoms with Crippen LogP contribution in [0.2, 0.25) is 0 Å². The van der Waals surface area contributed by atoms with E-state index >= 15 is 0 Å². The van der Waals surface area contributed by atoms with E-state index in [4.69, 9.17) is 9.84 Å². The molecule has 7 heteroatoms. The lowest BCUT2D eigenvalue weighted by atomic mass is 10.1. The third-order valence-corrected chi connectivity index (χ3v) is 5.03. The minimum absolute atomic E-state index is 0.0612. The van der Waals surface area contributed by atoms with E-state index < -0.39 is 29.8 Å². The van der Waals surface area contributed by atoms with Gasteiger partial charge in [0.05, 0.1) is 12.4 Å². The Morgan fingerprint density at radius 3 is 2.57 bits per heavy atom. The standard InChI is InChI=1S/C14H17NO5S/c16-6-9-11(18)12(19)13(20-9)14-15(10(17)7-21-14)8-4-2-1-3-5-8/h1-5,9,11-14,16,18-19H,6-7H2/t9-,11-,12+,13?,14-/m1/s1. The van der Waals surface area contributed by atoms with E-state index in [1.165, 1.54) is 11.8 Å². The van der Waals surface area contributed by atoms with Crippen LogP contribution in [0.5, 0.6) is 0 Å². The number of rotatable bonds is 3. The number of ether oxygens (including phenoxy) is 1. The van der Waals surface area contributed by atoms with Gasteiger partial charge in [-0.2, -0.15) is 0 Å². The molecule has 114 valence electrons. The fourth-order valence-corrected chi connectivity index (χ4v) is 3.98. The smallest absolute Gasteiger partial charge is 0.238 e. The molecule has 6 nitrogen and oxygen atoms in total. The Balaban J connectivity index is 1.86. The van der Waals surface area contributed by atoms with Crippen molar-refractivity contribution < 1.29 is 24.9 Å². The molecule has 0 saturated carbocycles. The molecule has 1 aromatic rings. The van der Waals surface area contributed by atoms with E-state index in [1.54, 1.807) is 4.90 Å². The summed E-state index contributed by atoms with van der Waals surface area (Å²) in [6.07, 6.45) is -3.82. The monoisotopic (exact) mass is 311 g/mol. The number of nitrogens with zero attached hydrogens (tertiary/aromatic N) is 1. The first kappa shape index (κ1) is 14.8. The quantitative estimate of drug-likeness (QED) is 0.702. The summed E-state index contributed by atoms with van der Waals surface area (Å²) in [6.45, 7) is -0.370. The van der Waals surface area contributed by atoms with Gasteiger partial charge in [-0.3, -0.25) is 9.69 Å². The van der Waals surface area contributed by atoms with E-state index in [-0.39, 0.29) is 12.5 Å². The molecule has 3 N–H and O–H groups in total. The summed E-state index contributed by atoms with van der Waals surface area (Å²) in [5.41, 5.74) is 0.732. The van der Waals surface area contributed by atoms with Crippen LogP contribution in [0.1, 0.15) is 0 Å². The van der Waals surface area contributed by atoms with Crippen LogP contribution in [0.4, 0.5) is 5.69 Å². The van der Waals surface area contributed by atoms with Gasteiger partial charge in [0, 0.05) is 5.69 Å². The van der Waals surface area contributed by atoms with Crippen LogP contribution < -0.4 is 4.90 Å². The van der Waals surface area contributed by atoms with E-state index in [1.807, 2.05) is 30.3 Å². The molecule has 3 rings (SSSR count). The van der Waals surface area contributed by atoms with Gasteiger partial charge >= 0.3 is 0 Å². The Bertz CT molecular complexity index is 513. The Labute approximate surface area is 126 Å².